The summed E-state index contributed by atoms with van der Waals surface area (Å²) in [4.78, 5) is 13.0. The van der Waals surface area contributed by atoms with Crippen molar-refractivity contribution in [1.82, 2.24) is 0 Å². The molecule has 0 aliphatic carbocycles. The van der Waals surface area contributed by atoms with E-state index in [-0.39, 0.29) is 60.5 Å². The van der Waals surface area contributed by atoms with Gasteiger partial charge in [0.05, 0.1) is 18.1 Å². The van der Waals surface area contributed by atoms with Gasteiger partial charge in [-0.3, -0.25) is 4.79 Å². The molecule has 1 saturated heterocycles. The van der Waals surface area contributed by atoms with E-state index in [1.54, 1.807) is 0 Å². The highest BCUT2D eigenvalue weighted by atomic mass is 127. The van der Waals surface area contributed by atoms with E-state index in [9.17, 15) is 9.90 Å². The Bertz CT molecular complexity index is 535. The molecular formula is C23H41IO5. The molecule has 6 heteroatoms. The van der Waals surface area contributed by atoms with Crippen molar-refractivity contribution in [3.05, 3.63) is 10.2 Å². The lowest BCUT2D eigenvalue weighted by Gasteiger charge is -2.48. The maximum atomic E-state index is 13.0. The lowest BCUT2D eigenvalue weighted by Crippen LogP contribution is -2.55. The Balaban J connectivity index is 2.94. The van der Waals surface area contributed by atoms with Crippen LogP contribution in [0, 0.1) is 29.6 Å². The molecule has 0 aromatic rings. The maximum Gasteiger partial charge on any atom is 0.311 e. The Labute approximate surface area is 191 Å². The van der Waals surface area contributed by atoms with Crippen LogP contribution in [-0.2, 0) is 19.0 Å². The van der Waals surface area contributed by atoms with Gasteiger partial charge in [-0.1, -0.05) is 63.3 Å². The Morgan fingerprint density at radius 3 is 2.31 bits per heavy atom. The van der Waals surface area contributed by atoms with Crippen LogP contribution in [0.2, 0.25) is 0 Å². The van der Waals surface area contributed by atoms with E-state index in [1.165, 1.54) is 0 Å². The normalized spacial score (nSPS) is 29.8. The molecule has 0 saturated carbocycles. The van der Waals surface area contributed by atoms with E-state index in [4.69, 9.17) is 14.2 Å². The van der Waals surface area contributed by atoms with Crippen molar-refractivity contribution < 1.29 is 24.1 Å². The molecule has 0 bridgehead atoms. The second-order valence-corrected chi connectivity index (χ2v) is 9.99. The minimum atomic E-state index is -0.769. The van der Waals surface area contributed by atoms with Crippen molar-refractivity contribution in [2.24, 2.45) is 29.6 Å². The third-order valence-electron chi connectivity index (χ3n) is 6.02. The molecule has 5 nitrogen and oxygen atoms in total. The van der Waals surface area contributed by atoms with Crippen molar-refractivity contribution in [1.29, 1.82) is 0 Å². The Morgan fingerprint density at radius 2 is 1.79 bits per heavy atom. The SMILES string of the molecule is CC[C@@H](OC(=O)[C@H](C)[C@H]1OC(C)(C)O[C@@H]([C@@H](C)C[C@@H](C)CO)[C@H]1C)[C@H](C)/C=C/I. The van der Waals surface area contributed by atoms with Crippen LogP contribution in [0.3, 0.4) is 0 Å². The zero-order chi connectivity index (χ0) is 22.4. The van der Waals surface area contributed by atoms with E-state index >= 15 is 0 Å². The second-order valence-electron chi connectivity index (χ2n) is 9.27. The third-order valence-corrected chi connectivity index (χ3v) is 6.44. The molecule has 0 aromatic heterocycles. The lowest BCUT2D eigenvalue weighted by atomic mass is 9.80. The number of ether oxygens (including phenoxy) is 3. The minimum Gasteiger partial charge on any atom is -0.461 e. The van der Waals surface area contributed by atoms with Gasteiger partial charge >= 0.3 is 5.97 Å². The van der Waals surface area contributed by atoms with Crippen LogP contribution in [0.25, 0.3) is 0 Å². The summed E-state index contributed by atoms with van der Waals surface area (Å²) in [5, 5.41) is 9.42. The molecule has 29 heavy (non-hydrogen) atoms. The Morgan fingerprint density at radius 1 is 1.21 bits per heavy atom. The standard InChI is InChI=1S/C23H41IO5/c1-9-19(15(3)10-11-24)27-22(26)18(6)21-17(5)20(28-23(7,8)29-21)16(4)12-14(2)13-25/h10-11,14-21,25H,9,12-13H2,1-8H3/b11-10+/t14-,15-,16+,17-,18-,19-,20+,21+/m1/s1. The van der Waals surface area contributed by atoms with Gasteiger partial charge in [-0.25, -0.2) is 0 Å². The number of hydrogen-bond donors (Lipinski definition) is 1. The molecule has 0 amide bonds. The van der Waals surface area contributed by atoms with Gasteiger partial charge in [-0.05, 0) is 49.5 Å². The first-order valence-corrected chi connectivity index (χ1v) is 12.2. The Kier molecular flexibility index (Phi) is 11.1. The second kappa shape index (κ2) is 12.0. The van der Waals surface area contributed by atoms with Crippen LogP contribution >= 0.6 is 22.6 Å². The van der Waals surface area contributed by atoms with Crippen molar-refractivity contribution >= 4 is 28.6 Å². The molecule has 1 heterocycles. The average Bonchev–Trinajstić information content (AvgIpc) is 2.66. The number of rotatable bonds is 10. The van der Waals surface area contributed by atoms with Gasteiger partial charge in [0.1, 0.15) is 6.10 Å². The van der Waals surface area contributed by atoms with Gasteiger partial charge < -0.3 is 19.3 Å². The fourth-order valence-electron chi connectivity index (χ4n) is 4.31. The highest BCUT2D eigenvalue weighted by Crippen LogP contribution is 2.39. The molecule has 0 aromatic carbocycles. The fraction of sp³-hybridized carbons (Fsp3) is 0.870. The Hall–Kier alpha value is -0.180. The van der Waals surface area contributed by atoms with E-state index < -0.39 is 5.79 Å². The number of carbonyl (C=O) groups excluding carboxylic acids is 1. The van der Waals surface area contributed by atoms with Crippen LogP contribution in [0.5, 0.6) is 0 Å². The quantitative estimate of drug-likeness (QED) is 0.309. The summed E-state index contributed by atoms with van der Waals surface area (Å²) in [6, 6.07) is 0. The van der Waals surface area contributed by atoms with Gasteiger partial charge in [-0.2, -0.15) is 0 Å². The van der Waals surface area contributed by atoms with Gasteiger partial charge in [0.15, 0.2) is 5.79 Å². The van der Waals surface area contributed by atoms with Gasteiger partial charge in [0.2, 0.25) is 0 Å². The average molecular weight is 524 g/mol. The molecular weight excluding hydrogens is 483 g/mol. The first kappa shape index (κ1) is 26.9. The van der Waals surface area contributed by atoms with Crippen molar-refractivity contribution in [2.45, 2.75) is 92.3 Å². The topological polar surface area (TPSA) is 65.0 Å². The van der Waals surface area contributed by atoms with E-state index in [0.717, 1.165) is 12.8 Å². The molecule has 1 N–H and O–H groups in total. The number of halogens is 1. The van der Waals surface area contributed by atoms with Crippen molar-refractivity contribution in [3.63, 3.8) is 0 Å². The minimum absolute atomic E-state index is 0.0400. The molecule has 8 atom stereocenters. The van der Waals surface area contributed by atoms with E-state index in [1.807, 2.05) is 38.7 Å². The number of hydrogen-bond acceptors (Lipinski definition) is 5. The van der Waals surface area contributed by atoms with Crippen molar-refractivity contribution in [3.8, 4) is 0 Å². The van der Waals surface area contributed by atoms with Crippen LogP contribution in [0.4, 0.5) is 0 Å². The number of aliphatic hydroxyl groups is 1. The molecule has 1 aliphatic heterocycles. The molecule has 0 radical (unpaired) electrons. The molecule has 0 spiro atoms. The lowest BCUT2D eigenvalue weighted by molar-refractivity contribution is -0.334. The zero-order valence-corrected chi connectivity index (χ0v) is 21.5. The fourth-order valence-corrected chi connectivity index (χ4v) is 4.97. The number of carbonyl (C=O) groups is 1. The summed E-state index contributed by atoms with van der Waals surface area (Å²) in [5.74, 6) is -0.695. The predicted octanol–water partition coefficient (Wildman–Crippen LogP) is 5.34. The van der Waals surface area contributed by atoms with Crippen LogP contribution in [-0.4, -0.2) is 41.8 Å². The predicted molar refractivity (Wildman–Crippen MR) is 125 cm³/mol. The smallest absolute Gasteiger partial charge is 0.311 e. The van der Waals surface area contributed by atoms with Gasteiger partial charge in [0.25, 0.3) is 0 Å². The highest BCUT2D eigenvalue weighted by Gasteiger charge is 2.47. The maximum absolute atomic E-state index is 13.0. The number of aliphatic hydroxyl groups excluding tert-OH is 1. The van der Waals surface area contributed by atoms with Gasteiger partial charge in [0, 0.05) is 18.4 Å². The number of esters is 1. The molecule has 0 unspecified atom stereocenters. The summed E-state index contributed by atoms with van der Waals surface area (Å²) >= 11 is 2.19. The first-order chi connectivity index (χ1) is 13.5. The molecule has 170 valence electrons. The van der Waals surface area contributed by atoms with E-state index in [2.05, 4.69) is 49.4 Å². The van der Waals surface area contributed by atoms with Crippen LogP contribution in [0.1, 0.15) is 68.2 Å². The third kappa shape index (κ3) is 7.78. The largest absolute Gasteiger partial charge is 0.461 e. The van der Waals surface area contributed by atoms with E-state index in [0.29, 0.717) is 0 Å². The monoisotopic (exact) mass is 524 g/mol. The molecule has 1 rings (SSSR count). The highest BCUT2D eigenvalue weighted by molar-refractivity contribution is 14.1. The first-order valence-electron chi connectivity index (χ1n) is 10.9. The zero-order valence-electron chi connectivity index (χ0n) is 19.4. The summed E-state index contributed by atoms with van der Waals surface area (Å²) in [6.45, 7) is 16.3. The molecule has 1 aliphatic rings. The summed E-state index contributed by atoms with van der Waals surface area (Å²) in [6.07, 6.45) is 3.23. The van der Waals surface area contributed by atoms with Gasteiger partial charge in [-0.15, -0.1) is 0 Å². The van der Waals surface area contributed by atoms with Crippen LogP contribution < -0.4 is 0 Å². The summed E-state index contributed by atoms with van der Waals surface area (Å²) in [5.41, 5.74) is 0. The summed E-state index contributed by atoms with van der Waals surface area (Å²) in [7, 11) is 0. The molecule has 1 fully saturated rings. The van der Waals surface area contributed by atoms with Crippen LogP contribution in [0.15, 0.2) is 10.2 Å². The summed E-state index contributed by atoms with van der Waals surface area (Å²) < 4.78 is 20.3. The van der Waals surface area contributed by atoms with Crippen molar-refractivity contribution in [2.75, 3.05) is 6.61 Å².